The quantitative estimate of drug-likeness (QED) is 0.845. The van der Waals surface area contributed by atoms with Gasteiger partial charge in [-0.1, -0.05) is 6.07 Å². The van der Waals surface area contributed by atoms with Gasteiger partial charge in [0.1, 0.15) is 0 Å². The SMILES string of the molecule is C[C@@H]1COCCN1C(=O)CCn1nc(-c2cccs2)oc1=O. The van der Waals surface area contributed by atoms with Crippen LogP contribution >= 0.6 is 11.3 Å². The van der Waals surface area contributed by atoms with Crippen LogP contribution in [0.2, 0.25) is 0 Å². The molecule has 0 unspecified atom stereocenters. The predicted octanol–water partition coefficient (Wildman–Crippen LogP) is 1.20. The zero-order chi connectivity index (χ0) is 15.5. The maximum atomic E-state index is 12.2. The van der Waals surface area contributed by atoms with Gasteiger partial charge in [-0.05, 0) is 18.4 Å². The van der Waals surface area contributed by atoms with Gasteiger partial charge >= 0.3 is 5.76 Å². The molecule has 0 N–H and O–H groups in total. The Morgan fingerprint density at radius 2 is 2.41 bits per heavy atom. The lowest BCUT2D eigenvalue weighted by molar-refractivity contribution is -0.139. The Hall–Kier alpha value is -1.93. The summed E-state index contributed by atoms with van der Waals surface area (Å²) in [4.78, 5) is 26.6. The van der Waals surface area contributed by atoms with Crippen LogP contribution in [0.5, 0.6) is 0 Å². The van der Waals surface area contributed by atoms with Crippen LogP contribution in [-0.2, 0) is 16.1 Å². The van der Waals surface area contributed by atoms with Crippen molar-refractivity contribution in [2.75, 3.05) is 19.8 Å². The Bertz CT molecular complexity index is 691. The normalized spacial score (nSPS) is 18.6. The Kier molecular flexibility index (Phi) is 4.39. The van der Waals surface area contributed by atoms with Gasteiger partial charge in [-0.15, -0.1) is 16.4 Å². The largest absolute Gasteiger partial charge is 0.437 e. The monoisotopic (exact) mass is 323 g/mol. The van der Waals surface area contributed by atoms with Gasteiger partial charge in [0.05, 0.1) is 30.7 Å². The first-order valence-corrected chi connectivity index (χ1v) is 8.02. The van der Waals surface area contributed by atoms with Crippen molar-refractivity contribution in [2.45, 2.75) is 25.9 Å². The maximum absolute atomic E-state index is 12.2. The van der Waals surface area contributed by atoms with Gasteiger partial charge in [0.15, 0.2) is 0 Å². The second-order valence-corrected chi connectivity index (χ2v) is 6.08. The molecule has 3 heterocycles. The van der Waals surface area contributed by atoms with Gasteiger partial charge < -0.3 is 14.1 Å². The summed E-state index contributed by atoms with van der Waals surface area (Å²) in [5.41, 5.74) is 0. The first kappa shape index (κ1) is 15.0. The molecule has 0 aliphatic carbocycles. The molecular formula is C14H17N3O4S. The van der Waals surface area contributed by atoms with Gasteiger partial charge in [-0.25, -0.2) is 4.79 Å². The van der Waals surface area contributed by atoms with E-state index in [1.807, 2.05) is 24.4 Å². The molecule has 3 rings (SSSR count). The van der Waals surface area contributed by atoms with E-state index >= 15 is 0 Å². The van der Waals surface area contributed by atoms with Crippen LogP contribution < -0.4 is 5.76 Å². The van der Waals surface area contributed by atoms with Crippen molar-refractivity contribution < 1.29 is 13.9 Å². The van der Waals surface area contributed by atoms with E-state index in [0.29, 0.717) is 25.6 Å². The number of amides is 1. The average molecular weight is 323 g/mol. The number of morpholine rings is 1. The third kappa shape index (κ3) is 3.12. The fourth-order valence-electron chi connectivity index (χ4n) is 2.39. The number of hydrogen-bond donors (Lipinski definition) is 0. The lowest BCUT2D eigenvalue weighted by Gasteiger charge is -2.33. The second kappa shape index (κ2) is 6.45. The lowest BCUT2D eigenvalue weighted by atomic mass is 10.2. The minimum atomic E-state index is -0.536. The number of carbonyl (C=O) groups excluding carboxylic acids is 1. The molecule has 118 valence electrons. The molecule has 1 fully saturated rings. The third-order valence-corrected chi connectivity index (χ3v) is 4.42. The van der Waals surface area contributed by atoms with Crippen LogP contribution in [-0.4, -0.2) is 46.4 Å². The van der Waals surface area contributed by atoms with Crippen molar-refractivity contribution in [2.24, 2.45) is 0 Å². The fraction of sp³-hybridized carbons (Fsp3) is 0.500. The Labute approximate surface area is 131 Å². The summed E-state index contributed by atoms with van der Waals surface area (Å²) < 4.78 is 11.6. The van der Waals surface area contributed by atoms with E-state index in [9.17, 15) is 9.59 Å². The molecule has 0 aromatic carbocycles. The Morgan fingerprint density at radius 1 is 1.55 bits per heavy atom. The predicted molar refractivity (Wildman–Crippen MR) is 80.7 cm³/mol. The summed E-state index contributed by atoms with van der Waals surface area (Å²) in [6.07, 6.45) is 0.223. The lowest BCUT2D eigenvalue weighted by Crippen LogP contribution is -2.47. The molecular weight excluding hydrogens is 306 g/mol. The van der Waals surface area contributed by atoms with Gasteiger partial charge in [0.2, 0.25) is 5.91 Å². The van der Waals surface area contributed by atoms with Gasteiger partial charge in [-0.3, -0.25) is 4.79 Å². The van der Waals surface area contributed by atoms with Crippen LogP contribution in [0, 0.1) is 0 Å². The van der Waals surface area contributed by atoms with E-state index in [1.165, 1.54) is 16.0 Å². The standard InChI is InChI=1S/C14H17N3O4S/c1-10-9-20-7-6-16(10)12(18)4-5-17-14(19)21-13(15-17)11-3-2-8-22-11/h2-3,8,10H,4-7,9H2,1H3/t10-/m1/s1. The number of thiophene rings is 1. The number of hydrogen-bond acceptors (Lipinski definition) is 6. The molecule has 7 nitrogen and oxygen atoms in total. The molecule has 1 saturated heterocycles. The minimum absolute atomic E-state index is 0.00312. The summed E-state index contributed by atoms with van der Waals surface area (Å²) in [5.74, 6) is -0.234. The zero-order valence-corrected chi connectivity index (χ0v) is 13.0. The number of ether oxygens (including phenoxy) is 1. The van der Waals surface area contributed by atoms with E-state index < -0.39 is 5.76 Å². The van der Waals surface area contributed by atoms with Crippen LogP contribution in [0.3, 0.4) is 0 Å². The highest BCUT2D eigenvalue weighted by Gasteiger charge is 2.23. The van der Waals surface area contributed by atoms with Crippen molar-refractivity contribution in [3.05, 3.63) is 28.1 Å². The molecule has 0 bridgehead atoms. The first-order valence-electron chi connectivity index (χ1n) is 7.14. The van der Waals surface area contributed by atoms with Crippen LogP contribution in [0.1, 0.15) is 13.3 Å². The van der Waals surface area contributed by atoms with E-state index in [0.717, 1.165) is 4.88 Å². The molecule has 2 aromatic heterocycles. The Morgan fingerprint density at radius 3 is 3.14 bits per heavy atom. The third-order valence-electron chi connectivity index (χ3n) is 3.56. The van der Waals surface area contributed by atoms with Crippen molar-refractivity contribution >= 4 is 17.2 Å². The average Bonchev–Trinajstić information content (AvgIpc) is 3.15. The number of nitrogens with zero attached hydrogens (tertiary/aromatic N) is 3. The molecule has 1 amide bonds. The van der Waals surface area contributed by atoms with E-state index in [2.05, 4.69) is 5.10 Å². The minimum Gasteiger partial charge on any atom is -0.387 e. The topological polar surface area (TPSA) is 77.6 Å². The summed E-state index contributed by atoms with van der Waals surface area (Å²) in [5, 5.41) is 6.03. The highest BCUT2D eigenvalue weighted by molar-refractivity contribution is 7.13. The van der Waals surface area contributed by atoms with Gasteiger partial charge in [-0.2, -0.15) is 4.68 Å². The smallest absolute Gasteiger partial charge is 0.387 e. The summed E-state index contributed by atoms with van der Waals surface area (Å²) in [6.45, 7) is 3.87. The fourth-order valence-corrected chi connectivity index (χ4v) is 3.03. The van der Waals surface area contributed by atoms with Crippen LogP contribution in [0.15, 0.2) is 26.7 Å². The highest BCUT2D eigenvalue weighted by atomic mass is 32.1. The zero-order valence-electron chi connectivity index (χ0n) is 12.2. The van der Waals surface area contributed by atoms with E-state index in [1.54, 1.807) is 4.90 Å². The van der Waals surface area contributed by atoms with Crippen LogP contribution in [0.4, 0.5) is 0 Å². The molecule has 1 atom stereocenters. The van der Waals surface area contributed by atoms with E-state index in [4.69, 9.17) is 9.15 Å². The van der Waals surface area contributed by atoms with Crippen molar-refractivity contribution in [1.29, 1.82) is 0 Å². The van der Waals surface area contributed by atoms with Crippen molar-refractivity contribution in [1.82, 2.24) is 14.7 Å². The maximum Gasteiger partial charge on any atom is 0.437 e. The van der Waals surface area contributed by atoms with Crippen LogP contribution in [0.25, 0.3) is 10.8 Å². The molecule has 1 aliphatic rings. The molecule has 2 aromatic rings. The van der Waals surface area contributed by atoms with E-state index in [-0.39, 0.29) is 24.9 Å². The number of aryl methyl sites for hydroxylation is 1. The van der Waals surface area contributed by atoms with Gasteiger partial charge in [0, 0.05) is 13.0 Å². The molecule has 8 heteroatoms. The molecule has 0 spiro atoms. The van der Waals surface area contributed by atoms with Crippen molar-refractivity contribution in [3.8, 4) is 10.8 Å². The summed E-state index contributed by atoms with van der Waals surface area (Å²) >= 11 is 1.45. The number of aromatic nitrogens is 2. The molecule has 1 aliphatic heterocycles. The summed E-state index contributed by atoms with van der Waals surface area (Å²) in [6, 6.07) is 3.76. The Balaban J connectivity index is 1.64. The van der Waals surface area contributed by atoms with Crippen molar-refractivity contribution in [3.63, 3.8) is 0 Å². The molecule has 0 saturated carbocycles. The number of carbonyl (C=O) groups is 1. The summed E-state index contributed by atoms with van der Waals surface area (Å²) in [7, 11) is 0. The molecule has 22 heavy (non-hydrogen) atoms. The highest BCUT2D eigenvalue weighted by Crippen LogP contribution is 2.21. The first-order chi connectivity index (χ1) is 10.6. The molecule has 0 radical (unpaired) electrons. The van der Waals surface area contributed by atoms with Gasteiger partial charge in [0.25, 0.3) is 5.89 Å². The number of rotatable bonds is 4. The second-order valence-electron chi connectivity index (χ2n) is 5.13.